The van der Waals surface area contributed by atoms with Crippen LogP contribution in [0.3, 0.4) is 0 Å². The summed E-state index contributed by atoms with van der Waals surface area (Å²) in [7, 11) is 0. The average molecular weight is 400 g/mol. The summed E-state index contributed by atoms with van der Waals surface area (Å²) < 4.78 is 9.72. The van der Waals surface area contributed by atoms with Crippen LogP contribution in [0, 0.1) is 0 Å². The third-order valence-electron chi connectivity index (χ3n) is 5.11. The van der Waals surface area contributed by atoms with Crippen molar-refractivity contribution in [3.63, 3.8) is 0 Å². The highest BCUT2D eigenvalue weighted by atomic mass is 35.5. The van der Waals surface area contributed by atoms with E-state index in [0.29, 0.717) is 12.5 Å². The monoisotopic (exact) mass is 399 g/mol. The van der Waals surface area contributed by atoms with Gasteiger partial charge in [0.05, 0.1) is 12.5 Å². The van der Waals surface area contributed by atoms with E-state index in [1.54, 1.807) is 0 Å². The van der Waals surface area contributed by atoms with Crippen LogP contribution in [0.5, 0.6) is 0 Å². The smallest absolute Gasteiger partial charge is 0.208 e. The molecule has 2 nitrogen and oxygen atoms in total. The second-order valence-corrected chi connectivity index (χ2v) is 9.60. The molecule has 1 atom stereocenters. The van der Waals surface area contributed by atoms with E-state index in [4.69, 9.17) is 16.5 Å². The molecule has 0 saturated carbocycles. The van der Waals surface area contributed by atoms with Gasteiger partial charge in [-0.25, -0.2) is 0 Å². The summed E-state index contributed by atoms with van der Waals surface area (Å²) in [6.45, 7) is 15.9. The zero-order valence-corrected chi connectivity index (χ0v) is 19.1. The molecule has 0 aliphatic carbocycles. The van der Waals surface area contributed by atoms with Gasteiger partial charge < -0.3 is 4.74 Å². The molecule has 0 bridgehead atoms. The van der Waals surface area contributed by atoms with Crippen LogP contribution in [-0.2, 0) is 22.0 Å². The first kappa shape index (κ1) is 22.5. The molecule has 28 heavy (non-hydrogen) atoms. The molecule has 0 spiro atoms. The van der Waals surface area contributed by atoms with Gasteiger partial charge in [0.2, 0.25) is 5.90 Å². The molecule has 0 saturated heterocycles. The minimum absolute atomic E-state index is 0.00745. The Morgan fingerprint density at radius 2 is 1.32 bits per heavy atom. The SMILES string of the molecule is CCOC(=NCl)C(Cc1ccc(C(C)(C)C)cc1)c1ccc(C(C)(C)C)cc1. The minimum atomic E-state index is -0.00745. The Balaban J connectivity index is 2.35. The molecule has 0 amide bonds. The molecule has 0 heterocycles. The molecule has 0 radical (unpaired) electrons. The Morgan fingerprint density at radius 1 is 0.857 bits per heavy atom. The van der Waals surface area contributed by atoms with E-state index in [1.807, 2.05) is 6.92 Å². The fourth-order valence-electron chi connectivity index (χ4n) is 3.27. The number of ether oxygens (including phenoxy) is 1. The molecule has 0 aromatic heterocycles. The van der Waals surface area contributed by atoms with E-state index >= 15 is 0 Å². The van der Waals surface area contributed by atoms with Gasteiger partial charge >= 0.3 is 0 Å². The highest BCUT2D eigenvalue weighted by Gasteiger charge is 2.22. The normalized spacial score (nSPS) is 14.1. The lowest BCUT2D eigenvalue weighted by atomic mass is 9.83. The van der Waals surface area contributed by atoms with Crippen molar-refractivity contribution in [2.45, 2.75) is 71.6 Å². The fraction of sp³-hybridized carbons (Fsp3) is 0.480. The van der Waals surface area contributed by atoms with Crippen LogP contribution in [0.4, 0.5) is 0 Å². The van der Waals surface area contributed by atoms with Crippen LogP contribution >= 0.6 is 11.8 Å². The minimum Gasteiger partial charge on any atom is -0.480 e. The molecular weight excluding hydrogens is 366 g/mol. The molecular formula is C25H34ClNO. The van der Waals surface area contributed by atoms with Crippen LogP contribution in [-0.4, -0.2) is 12.5 Å². The number of halogens is 1. The van der Waals surface area contributed by atoms with E-state index in [0.717, 1.165) is 6.42 Å². The molecule has 0 fully saturated rings. The summed E-state index contributed by atoms with van der Waals surface area (Å²) in [4.78, 5) is 0. The topological polar surface area (TPSA) is 21.6 Å². The fourth-order valence-corrected chi connectivity index (χ4v) is 3.44. The van der Waals surface area contributed by atoms with E-state index < -0.39 is 0 Å². The van der Waals surface area contributed by atoms with Crippen molar-refractivity contribution in [2.24, 2.45) is 4.51 Å². The standard InChI is InChI=1S/C25H34ClNO/c1-8-28-23(27-26)22(19-11-15-21(16-12-19)25(5,6)7)17-18-9-13-20(14-10-18)24(2,3)4/h9-16,22H,8,17H2,1-7H3. The third kappa shape index (κ3) is 5.85. The van der Waals surface area contributed by atoms with Crippen molar-refractivity contribution < 1.29 is 4.74 Å². The molecule has 0 aliphatic heterocycles. The maximum Gasteiger partial charge on any atom is 0.208 e. The lowest BCUT2D eigenvalue weighted by Crippen LogP contribution is -2.19. The predicted octanol–water partition coefficient (Wildman–Crippen LogP) is 7.20. The zero-order chi connectivity index (χ0) is 20.9. The van der Waals surface area contributed by atoms with Gasteiger partial charge in [-0.05, 0) is 46.4 Å². The summed E-state index contributed by atoms with van der Waals surface area (Å²) in [5.41, 5.74) is 5.33. The van der Waals surface area contributed by atoms with E-state index in [-0.39, 0.29) is 16.7 Å². The largest absolute Gasteiger partial charge is 0.480 e. The molecule has 2 rings (SSSR count). The van der Waals surface area contributed by atoms with Crippen LogP contribution in [0.15, 0.2) is 53.0 Å². The number of hydrogen-bond acceptors (Lipinski definition) is 2. The Hall–Kier alpha value is -1.80. The molecule has 2 aromatic carbocycles. The quantitative estimate of drug-likeness (QED) is 0.384. The first-order valence-electron chi connectivity index (χ1n) is 10.1. The van der Waals surface area contributed by atoms with Gasteiger partial charge in [0.25, 0.3) is 0 Å². The lowest BCUT2D eigenvalue weighted by molar-refractivity contribution is 0.312. The van der Waals surface area contributed by atoms with Crippen molar-refractivity contribution in [2.75, 3.05) is 6.61 Å². The molecule has 0 N–H and O–H groups in total. The Kier molecular flexibility index (Phi) is 7.33. The van der Waals surface area contributed by atoms with Gasteiger partial charge in [-0.2, -0.15) is 0 Å². The van der Waals surface area contributed by atoms with Gasteiger partial charge in [-0.15, -0.1) is 4.51 Å². The molecule has 0 aliphatic rings. The van der Waals surface area contributed by atoms with Gasteiger partial charge in [-0.3, -0.25) is 0 Å². The van der Waals surface area contributed by atoms with E-state index in [1.165, 1.54) is 22.3 Å². The van der Waals surface area contributed by atoms with Crippen LogP contribution < -0.4 is 0 Å². The second-order valence-electron chi connectivity index (χ2n) is 9.43. The molecule has 2 aromatic rings. The third-order valence-corrected chi connectivity index (χ3v) is 5.28. The second kappa shape index (κ2) is 9.13. The van der Waals surface area contributed by atoms with Crippen LogP contribution in [0.2, 0.25) is 0 Å². The van der Waals surface area contributed by atoms with Gasteiger partial charge in [-0.1, -0.05) is 90.1 Å². The van der Waals surface area contributed by atoms with Crippen molar-refractivity contribution in [3.8, 4) is 0 Å². The molecule has 3 heteroatoms. The van der Waals surface area contributed by atoms with Crippen LogP contribution in [0.1, 0.15) is 76.6 Å². The van der Waals surface area contributed by atoms with Gasteiger partial charge in [0, 0.05) is 11.8 Å². The maximum absolute atomic E-state index is 5.91. The Morgan fingerprint density at radius 3 is 1.71 bits per heavy atom. The zero-order valence-electron chi connectivity index (χ0n) is 18.3. The Labute approximate surface area is 176 Å². The van der Waals surface area contributed by atoms with Crippen molar-refractivity contribution >= 4 is 17.7 Å². The lowest BCUT2D eigenvalue weighted by Gasteiger charge is -2.23. The Bertz CT molecular complexity index is 777. The maximum atomic E-state index is 5.91. The summed E-state index contributed by atoms with van der Waals surface area (Å²) in [6, 6.07) is 17.6. The van der Waals surface area contributed by atoms with Crippen LogP contribution in [0.25, 0.3) is 0 Å². The molecule has 1 unspecified atom stereocenters. The van der Waals surface area contributed by atoms with E-state index in [9.17, 15) is 0 Å². The van der Waals surface area contributed by atoms with Crippen molar-refractivity contribution in [1.29, 1.82) is 0 Å². The first-order chi connectivity index (χ1) is 13.1. The summed E-state index contributed by atoms with van der Waals surface area (Å²) in [6.07, 6.45) is 0.796. The van der Waals surface area contributed by atoms with Gasteiger partial charge in [0.15, 0.2) is 0 Å². The number of rotatable bonds is 5. The van der Waals surface area contributed by atoms with Crippen molar-refractivity contribution in [3.05, 3.63) is 70.8 Å². The summed E-state index contributed by atoms with van der Waals surface area (Å²) in [5, 5.41) is 0. The van der Waals surface area contributed by atoms with Crippen molar-refractivity contribution in [1.82, 2.24) is 0 Å². The highest BCUT2D eigenvalue weighted by Crippen LogP contribution is 2.29. The number of nitrogens with zero attached hydrogens (tertiary/aromatic N) is 1. The van der Waals surface area contributed by atoms with E-state index in [2.05, 4.69) is 94.6 Å². The number of hydrogen-bond donors (Lipinski definition) is 0. The molecule has 152 valence electrons. The first-order valence-corrected chi connectivity index (χ1v) is 10.4. The predicted molar refractivity (Wildman–Crippen MR) is 122 cm³/mol. The van der Waals surface area contributed by atoms with Gasteiger partial charge in [0.1, 0.15) is 0 Å². The highest BCUT2D eigenvalue weighted by molar-refractivity contribution is 6.19. The number of benzene rings is 2. The summed E-state index contributed by atoms with van der Waals surface area (Å²) >= 11 is 5.91. The average Bonchev–Trinajstić information content (AvgIpc) is 2.63. The summed E-state index contributed by atoms with van der Waals surface area (Å²) in [5.74, 6) is 0.569.